The Kier molecular flexibility index (Phi) is 4.24. The number of hydrogen-bond donors (Lipinski definition) is 1. The zero-order valence-electron chi connectivity index (χ0n) is 14.2. The van der Waals surface area contributed by atoms with Crippen LogP contribution in [0.2, 0.25) is 0 Å². The average molecular weight is 335 g/mol. The summed E-state index contributed by atoms with van der Waals surface area (Å²) < 4.78 is 7.36. The topological polar surface area (TPSA) is 55.6 Å². The molecule has 128 valence electrons. The Morgan fingerprint density at radius 2 is 2.00 bits per heavy atom. The molecule has 0 unspecified atom stereocenters. The van der Waals surface area contributed by atoms with Crippen molar-refractivity contribution in [2.45, 2.75) is 19.8 Å². The largest absolute Gasteiger partial charge is 0.381 e. The van der Waals surface area contributed by atoms with Gasteiger partial charge in [-0.05, 0) is 37.5 Å². The summed E-state index contributed by atoms with van der Waals surface area (Å²) in [4.78, 5) is 17.3. The van der Waals surface area contributed by atoms with E-state index >= 15 is 0 Å². The number of nitrogens with one attached hydrogen (secondary N) is 1. The van der Waals surface area contributed by atoms with E-state index in [-0.39, 0.29) is 11.8 Å². The molecule has 5 nitrogen and oxygen atoms in total. The van der Waals surface area contributed by atoms with Gasteiger partial charge in [0.25, 0.3) is 0 Å². The molecule has 0 aliphatic carbocycles. The highest BCUT2D eigenvalue weighted by Crippen LogP contribution is 2.29. The summed E-state index contributed by atoms with van der Waals surface area (Å²) in [6.07, 6.45) is 5.55. The molecule has 3 heterocycles. The summed E-state index contributed by atoms with van der Waals surface area (Å²) in [5.41, 5.74) is 4.66. The van der Waals surface area contributed by atoms with Crippen molar-refractivity contribution in [1.82, 2.24) is 9.38 Å². The number of pyridine rings is 1. The minimum atomic E-state index is 0.0186. The molecule has 2 aromatic heterocycles. The Morgan fingerprint density at radius 3 is 2.80 bits per heavy atom. The first-order valence-electron chi connectivity index (χ1n) is 8.65. The normalized spacial score (nSPS) is 15.4. The smallest absolute Gasteiger partial charge is 0.227 e. The van der Waals surface area contributed by atoms with E-state index in [0.717, 1.165) is 41.0 Å². The highest BCUT2D eigenvalue weighted by atomic mass is 16.5. The Balaban J connectivity index is 1.66. The summed E-state index contributed by atoms with van der Waals surface area (Å²) in [6.45, 7) is 3.36. The van der Waals surface area contributed by atoms with E-state index < -0.39 is 0 Å². The van der Waals surface area contributed by atoms with E-state index in [1.807, 2.05) is 60.1 Å². The van der Waals surface area contributed by atoms with Crippen LogP contribution in [0.4, 0.5) is 5.69 Å². The van der Waals surface area contributed by atoms with Gasteiger partial charge in [0.05, 0.1) is 11.4 Å². The first kappa shape index (κ1) is 15.8. The first-order valence-corrected chi connectivity index (χ1v) is 8.65. The molecule has 0 bridgehead atoms. The second-order valence-corrected chi connectivity index (χ2v) is 6.47. The van der Waals surface area contributed by atoms with Gasteiger partial charge in [-0.3, -0.25) is 4.79 Å². The molecule has 0 radical (unpaired) electrons. The number of anilines is 1. The van der Waals surface area contributed by atoms with Gasteiger partial charge < -0.3 is 14.5 Å². The van der Waals surface area contributed by atoms with Crippen molar-refractivity contribution in [2.75, 3.05) is 18.5 Å². The van der Waals surface area contributed by atoms with Crippen LogP contribution in [-0.2, 0) is 9.53 Å². The van der Waals surface area contributed by atoms with Gasteiger partial charge in [0.2, 0.25) is 5.91 Å². The molecule has 1 fully saturated rings. The monoisotopic (exact) mass is 335 g/mol. The minimum absolute atomic E-state index is 0.0186. The summed E-state index contributed by atoms with van der Waals surface area (Å²) in [5, 5.41) is 3.09. The van der Waals surface area contributed by atoms with Crippen molar-refractivity contribution in [2.24, 2.45) is 5.92 Å². The van der Waals surface area contributed by atoms with Crippen LogP contribution >= 0.6 is 0 Å². The molecule has 4 rings (SSSR count). The second kappa shape index (κ2) is 6.69. The Labute approximate surface area is 146 Å². The van der Waals surface area contributed by atoms with Crippen molar-refractivity contribution < 1.29 is 9.53 Å². The summed E-state index contributed by atoms with van der Waals surface area (Å²) in [5.74, 6) is 0.0841. The Bertz CT molecular complexity index is 910. The van der Waals surface area contributed by atoms with Crippen molar-refractivity contribution in [3.8, 4) is 11.3 Å². The highest BCUT2D eigenvalue weighted by molar-refractivity contribution is 5.96. The van der Waals surface area contributed by atoms with E-state index in [0.29, 0.717) is 13.2 Å². The number of benzene rings is 1. The van der Waals surface area contributed by atoms with Gasteiger partial charge in [-0.1, -0.05) is 24.3 Å². The molecule has 1 amide bonds. The van der Waals surface area contributed by atoms with Crippen molar-refractivity contribution in [1.29, 1.82) is 0 Å². The zero-order valence-corrected chi connectivity index (χ0v) is 14.2. The van der Waals surface area contributed by atoms with Gasteiger partial charge in [-0.25, -0.2) is 4.98 Å². The molecule has 1 saturated heterocycles. The van der Waals surface area contributed by atoms with Crippen LogP contribution in [0.1, 0.15) is 18.4 Å². The summed E-state index contributed by atoms with van der Waals surface area (Å²) in [7, 11) is 0. The van der Waals surface area contributed by atoms with E-state index in [9.17, 15) is 4.79 Å². The third kappa shape index (κ3) is 3.15. The van der Waals surface area contributed by atoms with Gasteiger partial charge in [-0.2, -0.15) is 0 Å². The molecule has 1 aromatic carbocycles. The predicted octanol–water partition coefficient (Wildman–Crippen LogP) is 3.67. The zero-order chi connectivity index (χ0) is 17.2. The number of ether oxygens (including phenoxy) is 1. The average Bonchev–Trinajstić information content (AvgIpc) is 3.08. The molecule has 1 aliphatic rings. The number of carbonyl (C=O) groups excluding carboxylic acids is 1. The maximum absolute atomic E-state index is 12.6. The van der Waals surface area contributed by atoms with Crippen LogP contribution in [0.5, 0.6) is 0 Å². The van der Waals surface area contributed by atoms with Crippen LogP contribution in [0.3, 0.4) is 0 Å². The summed E-state index contributed by atoms with van der Waals surface area (Å²) in [6, 6.07) is 11.9. The molecular formula is C20H21N3O2. The number of carbonyl (C=O) groups is 1. The quantitative estimate of drug-likeness (QED) is 0.794. The fourth-order valence-electron chi connectivity index (χ4n) is 3.29. The molecule has 0 saturated carbocycles. The van der Waals surface area contributed by atoms with Gasteiger partial charge in [0.15, 0.2) is 0 Å². The lowest BCUT2D eigenvalue weighted by atomic mass is 9.99. The third-order valence-corrected chi connectivity index (χ3v) is 4.73. The lowest BCUT2D eigenvalue weighted by Crippen LogP contribution is -2.28. The first-order chi connectivity index (χ1) is 12.2. The molecule has 0 atom stereocenters. The number of fused-ring (bicyclic) bond motifs is 1. The standard InChI is InChI=1S/C20H21N3O2/c1-14-5-4-10-23-13-18(21-19(14)23)16-6-2-3-7-17(16)22-20(24)15-8-11-25-12-9-15/h2-7,10,13,15H,8-9,11-12H2,1H3,(H,22,24). The fraction of sp³-hybridized carbons (Fsp3) is 0.300. The van der Waals surface area contributed by atoms with Crippen molar-refractivity contribution >= 4 is 17.2 Å². The predicted molar refractivity (Wildman–Crippen MR) is 97.5 cm³/mol. The van der Waals surface area contributed by atoms with Crippen LogP contribution in [0.15, 0.2) is 48.8 Å². The van der Waals surface area contributed by atoms with Crippen molar-refractivity contribution in [3.63, 3.8) is 0 Å². The van der Waals surface area contributed by atoms with Crippen LogP contribution in [-0.4, -0.2) is 28.5 Å². The van der Waals surface area contributed by atoms with Gasteiger partial charge in [0, 0.05) is 37.1 Å². The maximum atomic E-state index is 12.6. The third-order valence-electron chi connectivity index (χ3n) is 4.73. The van der Waals surface area contributed by atoms with Crippen molar-refractivity contribution in [3.05, 3.63) is 54.4 Å². The number of amides is 1. The van der Waals surface area contributed by atoms with E-state index in [4.69, 9.17) is 9.72 Å². The minimum Gasteiger partial charge on any atom is -0.381 e. The molecule has 0 spiro atoms. The number of rotatable bonds is 3. The lowest BCUT2D eigenvalue weighted by Gasteiger charge is -2.21. The van der Waals surface area contributed by atoms with Crippen LogP contribution in [0.25, 0.3) is 16.9 Å². The molecule has 3 aromatic rings. The van der Waals surface area contributed by atoms with E-state index in [2.05, 4.69) is 5.32 Å². The molecule has 1 aliphatic heterocycles. The van der Waals surface area contributed by atoms with E-state index in [1.54, 1.807) is 0 Å². The summed E-state index contributed by atoms with van der Waals surface area (Å²) >= 11 is 0. The van der Waals surface area contributed by atoms with Crippen LogP contribution in [0, 0.1) is 12.8 Å². The molecule has 25 heavy (non-hydrogen) atoms. The Morgan fingerprint density at radius 1 is 1.20 bits per heavy atom. The van der Waals surface area contributed by atoms with Crippen LogP contribution < -0.4 is 5.32 Å². The molecule has 5 heteroatoms. The molecular weight excluding hydrogens is 314 g/mol. The van der Waals surface area contributed by atoms with E-state index in [1.165, 1.54) is 0 Å². The number of aryl methyl sites for hydroxylation is 1. The van der Waals surface area contributed by atoms with Gasteiger partial charge in [0.1, 0.15) is 5.65 Å². The number of aromatic nitrogens is 2. The maximum Gasteiger partial charge on any atom is 0.227 e. The highest BCUT2D eigenvalue weighted by Gasteiger charge is 2.22. The SMILES string of the molecule is Cc1cccn2cc(-c3ccccc3NC(=O)C3CCOCC3)nc12. The number of imidazole rings is 1. The molecule has 1 N–H and O–H groups in total. The fourth-order valence-corrected chi connectivity index (χ4v) is 3.29. The Hall–Kier alpha value is -2.66. The second-order valence-electron chi connectivity index (χ2n) is 6.47. The lowest BCUT2D eigenvalue weighted by molar-refractivity contribution is -0.122. The van der Waals surface area contributed by atoms with Gasteiger partial charge in [-0.15, -0.1) is 0 Å². The number of para-hydroxylation sites is 1. The number of nitrogens with zero attached hydrogens (tertiary/aromatic N) is 2. The number of hydrogen-bond acceptors (Lipinski definition) is 3. The van der Waals surface area contributed by atoms with Gasteiger partial charge >= 0.3 is 0 Å².